The van der Waals surface area contributed by atoms with Crippen LogP contribution in [0.3, 0.4) is 0 Å². The molecule has 0 bridgehead atoms. The highest BCUT2D eigenvalue weighted by Gasteiger charge is 2.19. The average molecular weight is 247 g/mol. The molecule has 1 aliphatic carbocycles. The number of nitrogens with one attached hydrogen (secondary N) is 2. The predicted molar refractivity (Wildman–Crippen MR) is 65.1 cm³/mol. The van der Waals surface area contributed by atoms with Gasteiger partial charge in [-0.25, -0.2) is 4.98 Å². The van der Waals surface area contributed by atoms with Gasteiger partial charge in [0.1, 0.15) is 11.9 Å². The average Bonchev–Trinajstić information content (AvgIpc) is 3.18. The lowest BCUT2D eigenvalue weighted by atomic mass is 10.3. The second-order valence-corrected chi connectivity index (χ2v) is 4.09. The Morgan fingerprint density at radius 1 is 1.50 bits per heavy atom. The van der Waals surface area contributed by atoms with Crippen molar-refractivity contribution in [1.82, 2.24) is 10.3 Å². The van der Waals surface area contributed by atoms with Gasteiger partial charge < -0.3 is 10.6 Å². The molecular formula is C11H13N5O2. The molecular weight excluding hydrogens is 234 g/mol. The highest BCUT2D eigenvalue weighted by atomic mass is 16.6. The predicted octanol–water partition coefficient (Wildman–Crippen LogP) is 1.03. The van der Waals surface area contributed by atoms with Crippen LogP contribution in [0.25, 0.3) is 0 Å². The van der Waals surface area contributed by atoms with E-state index in [9.17, 15) is 10.1 Å². The lowest BCUT2D eigenvalue weighted by Gasteiger charge is -2.06. The van der Waals surface area contributed by atoms with E-state index in [1.54, 1.807) is 6.07 Å². The number of hydrogen-bond acceptors (Lipinski definition) is 6. The van der Waals surface area contributed by atoms with Gasteiger partial charge in [-0.2, -0.15) is 5.26 Å². The van der Waals surface area contributed by atoms with Crippen LogP contribution in [0.1, 0.15) is 18.5 Å². The molecule has 94 valence electrons. The van der Waals surface area contributed by atoms with E-state index in [0.29, 0.717) is 18.4 Å². The van der Waals surface area contributed by atoms with Crippen molar-refractivity contribution in [3.8, 4) is 6.07 Å². The standard InChI is InChI=1S/C11H13N5O2/c12-7-9-10(16(17)18)3-4-11(15-9)14-6-5-13-8-1-2-8/h3-4,8,13H,1-2,5-6H2,(H,14,15). The first-order valence-corrected chi connectivity index (χ1v) is 5.73. The molecule has 0 spiro atoms. The first-order chi connectivity index (χ1) is 8.70. The Morgan fingerprint density at radius 2 is 2.28 bits per heavy atom. The van der Waals surface area contributed by atoms with E-state index in [2.05, 4.69) is 15.6 Å². The maximum Gasteiger partial charge on any atom is 0.305 e. The molecule has 1 fully saturated rings. The summed E-state index contributed by atoms with van der Waals surface area (Å²) in [5, 5.41) is 25.7. The first kappa shape index (κ1) is 12.3. The van der Waals surface area contributed by atoms with Crippen molar-refractivity contribution in [3.63, 3.8) is 0 Å². The van der Waals surface area contributed by atoms with E-state index >= 15 is 0 Å². The van der Waals surface area contributed by atoms with Gasteiger partial charge in [0.2, 0.25) is 5.69 Å². The molecule has 0 amide bonds. The lowest BCUT2D eigenvalue weighted by molar-refractivity contribution is -0.385. The van der Waals surface area contributed by atoms with Gasteiger partial charge in [-0.15, -0.1) is 0 Å². The molecule has 1 heterocycles. The van der Waals surface area contributed by atoms with Gasteiger partial charge in [0.25, 0.3) is 0 Å². The zero-order valence-corrected chi connectivity index (χ0v) is 9.72. The summed E-state index contributed by atoms with van der Waals surface area (Å²) in [6.07, 6.45) is 2.46. The summed E-state index contributed by atoms with van der Waals surface area (Å²) in [6, 6.07) is 5.18. The fraction of sp³-hybridized carbons (Fsp3) is 0.455. The van der Waals surface area contributed by atoms with Gasteiger partial charge in [-0.3, -0.25) is 10.1 Å². The number of nitro groups is 1. The molecule has 2 rings (SSSR count). The summed E-state index contributed by atoms with van der Waals surface area (Å²) in [7, 11) is 0. The fourth-order valence-electron chi connectivity index (χ4n) is 1.53. The van der Waals surface area contributed by atoms with Crippen LogP contribution in [-0.2, 0) is 0 Å². The van der Waals surface area contributed by atoms with E-state index in [1.165, 1.54) is 25.0 Å². The van der Waals surface area contributed by atoms with Crippen LogP contribution in [-0.4, -0.2) is 29.0 Å². The van der Waals surface area contributed by atoms with Crippen molar-refractivity contribution in [3.05, 3.63) is 27.9 Å². The SMILES string of the molecule is N#Cc1nc(NCCNC2CC2)ccc1[N+](=O)[O-]. The summed E-state index contributed by atoms with van der Waals surface area (Å²) in [5.74, 6) is 0.481. The molecule has 7 nitrogen and oxygen atoms in total. The van der Waals surface area contributed by atoms with Crippen molar-refractivity contribution in [2.75, 3.05) is 18.4 Å². The smallest absolute Gasteiger partial charge is 0.305 e. The van der Waals surface area contributed by atoms with Gasteiger partial charge in [0.05, 0.1) is 4.92 Å². The lowest BCUT2D eigenvalue weighted by Crippen LogP contribution is -2.24. The van der Waals surface area contributed by atoms with E-state index in [1.807, 2.05) is 0 Å². The Balaban J connectivity index is 1.92. The Hall–Kier alpha value is -2.20. The summed E-state index contributed by atoms with van der Waals surface area (Å²) < 4.78 is 0. The van der Waals surface area contributed by atoms with Gasteiger partial charge in [0.15, 0.2) is 0 Å². The normalized spacial score (nSPS) is 13.9. The molecule has 0 atom stereocenters. The topological polar surface area (TPSA) is 104 Å². The van der Waals surface area contributed by atoms with Crippen LogP contribution >= 0.6 is 0 Å². The molecule has 0 saturated heterocycles. The van der Waals surface area contributed by atoms with Crippen LogP contribution in [0.15, 0.2) is 12.1 Å². The molecule has 1 saturated carbocycles. The van der Waals surface area contributed by atoms with Crippen molar-refractivity contribution >= 4 is 11.5 Å². The molecule has 1 aliphatic rings. The molecule has 7 heteroatoms. The Kier molecular flexibility index (Phi) is 3.69. The zero-order chi connectivity index (χ0) is 13.0. The Labute approximate surface area is 104 Å². The van der Waals surface area contributed by atoms with Gasteiger partial charge in [-0.05, 0) is 18.9 Å². The highest BCUT2D eigenvalue weighted by Crippen LogP contribution is 2.19. The van der Waals surface area contributed by atoms with Crippen LogP contribution in [0, 0.1) is 21.4 Å². The van der Waals surface area contributed by atoms with Gasteiger partial charge in [-0.1, -0.05) is 0 Å². The molecule has 0 radical (unpaired) electrons. The molecule has 2 N–H and O–H groups in total. The van der Waals surface area contributed by atoms with Crippen molar-refractivity contribution < 1.29 is 4.92 Å². The summed E-state index contributed by atoms with van der Waals surface area (Å²) in [6.45, 7) is 1.48. The summed E-state index contributed by atoms with van der Waals surface area (Å²) in [4.78, 5) is 13.9. The third-order valence-electron chi connectivity index (χ3n) is 2.62. The molecule has 1 aromatic rings. The zero-order valence-electron chi connectivity index (χ0n) is 9.72. The number of rotatable bonds is 6. The summed E-state index contributed by atoms with van der Waals surface area (Å²) in [5.41, 5.74) is -0.431. The van der Waals surface area contributed by atoms with Crippen LogP contribution in [0.2, 0.25) is 0 Å². The Morgan fingerprint density at radius 3 is 2.89 bits per heavy atom. The van der Waals surface area contributed by atoms with E-state index in [0.717, 1.165) is 6.54 Å². The van der Waals surface area contributed by atoms with Crippen LogP contribution in [0.5, 0.6) is 0 Å². The van der Waals surface area contributed by atoms with Gasteiger partial charge in [0, 0.05) is 25.2 Å². The largest absolute Gasteiger partial charge is 0.369 e. The molecule has 0 unspecified atom stereocenters. The minimum Gasteiger partial charge on any atom is -0.369 e. The minimum absolute atomic E-state index is 0.167. The molecule has 0 aliphatic heterocycles. The maximum atomic E-state index is 10.6. The molecule has 18 heavy (non-hydrogen) atoms. The molecule has 0 aromatic carbocycles. The third-order valence-corrected chi connectivity index (χ3v) is 2.62. The second kappa shape index (κ2) is 5.42. The van der Waals surface area contributed by atoms with E-state index in [-0.39, 0.29) is 11.4 Å². The van der Waals surface area contributed by atoms with Crippen LogP contribution in [0.4, 0.5) is 11.5 Å². The molecule has 1 aromatic heterocycles. The number of hydrogen-bond donors (Lipinski definition) is 2. The van der Waals surface area contributed by atoms with Crippen molar-refractivity contribution in [1.29, 1.82) is 5.26 Å². The number of anilines is 1. The van der Waals surface area contributed by atoms with E-state index < -0.39 is 4.92 Å². The maximum absolute atomic E-state index is 10.6. The third kappa shape index (κ3) is 3.15. The fourth-order valence-corrected chi connectivity index (χ4v) is 1.53. The number of nitriles is 1. The number of pyridine rings is 1. The Bertz CT molecular complexity index is 493. The number of aromatic nitrogens is 1. The highest BCUT2D eigenvalue weighted by molar-refractivity contribution is 5.50. The first-order valence-electron chi connectivity index (χ1n) is 5.73. The monoisotopic (exact) mass is 247 g/mol. The van der Waals surface area contributed by atoms with Gasteiger partial charge >= 0.3 is 5.69 Å². The van der Waals surface area contributed by atoms with Crippen LogP contribution < -0.4 is 10.6 Å². The van der Waals surface area contributed by atoms with Crippen molar-refractivity contribution in [2.45, 2.75) is 18.9 Å². The van der Waals surface area contributed by atoms with Crippen molar-refractivity contribution in [2.24, 2.45) is 0 Å². The quantitative estimate of drug-likeness (QED) is 0.442. The summed E-state index contributed by atoms with van der Waals surface area (Å²) >= 11 is 0. The van der Waals surface area contributed by atoms with E-state index in [4.69, 9.17) is 5.26 Å². The minimum atomic E-state index is -0.607. The second-order valence-electron chi connectivity index (χ2n) is 4.09. The number of nitrogens with zero attached hydrogens (tertiary/aromatic N) is 3.